The summed E-state index contributed by atoms with van der Waals surface area (Å²) in [5, 5.41) is 14.6. The molecule has 1 aliphatic rings. The SMILES string of the molecule is CCC[C@@]1(C)C(=O)C=C1N[C@@H](Cc1ccc(Oc2nc(C)cc3ccncc23)cc1)C(=O)O. The van der Waals surface area contributed by atoms with Crippen molar-refractivity contribution in [2.75, 3.05) is 0 Å². The Kier molecular flexibility index (Phi) is 6.14. The van der Waals surface area contributed by atoms with E-state index in [0.29, 0.717) is 23.7 Å². The molecule has 4 rings (SSSR count). The molecule has 0 saturated heterocycles. The zero-order chi connectivity index (χ0) is 23.6. The number of benzene rings is 1. The first kappa shape index (κ1) is 22.5. The second-order valence-corrected chi connectivity index (χ2v) is 8.66. The molecule has 0 bridgehead atoms. The Balaban J connectivity index is 1.47. The standard InChI is InChI=1S/C26H27N3O4/c1-4-10-26(3)22(14-23(26)30)29-21(25(31)32)13-17-5-7-19(8-6-17)33-24-20-15-27-11-9-18(20)12-16(2)28-24/h5-9,11-12,14-15,21,29H,4,10,13H2,1-3H3,(H,31,32)/t21-,26+/m0/s1. The van der Waals surface area contributed by atoms with Gasteiger partial charge in [0.05, 0.1) is 10.8 Å². The molecule has 2 heterocycles. The number of aromatic nitrogens is 2. The first-order chi connectivity index (χ1) is 15.8. The van der Waals surface area contributed by atoms with Gasteiger partial charge in [0.1, 0.15) is 11.8 Å². The summed E-state index contributed by atoms with van der Waals surface area (Å²) in [7, 11) is 0. The fraction of sp³-hybridized carbons (Fsp3) is 0.308. The van der Waals surface area contributed by atoms with Crippen LogP contribution in [0.25, 0.3) is 10.8 Å². The maximum Gasteiger partial charge on any atom is 0.326 e. The van der Waals surface area contributed by atoms with Crippen molar-refractivity contribution in [3.63, 3.8) is 0 Å². The van der Waals surface area contributed by atoms with E-state index in [4.69, 9.17) is 4.74 Å². The van der Waals surface area contributed by atoms with E-state index in [2.05, 4.69) is 15.3 Å². The Labute approximate surface area is 192 Å². The summed E-state index contributed by atoms with van der Waals surface area (Å²) in [4.78, 5) is 32.6. The lowest BCUT2D eigenvalue weighted by atomic mass is 9.69. The number of fused-ring (bicyclic) bond motifs is 1. The lowest BCUT2D eigenvalue weighted by molar-refractivity contribution is -0.139. The van der Waals surface area contributed by atoms with Gasteiger partial charge in [0, 0.05) is 36.3 Å². The predicted molar refractivity (Wildman–Crippen MR) is 125 cm³/mol. The molecule has 0 saturated carbocycles. The van der Waals surface area contributed by atoms with Crippen LogP contribution in [-0.4, -0.2) is 32.9 Å². The van der Waals surface area contributed by atoms with Crippen LogP contribution in [0.3, 0.4) is 0 Å². The molecule has 0 amide bonds. The molecule has 33 heavy (non-hydrogen) atoms. The van der Waals surface area contributed by atoms with E-state index in [1.165, 1.54) is 6.08 Å². The number of ether oxygens (including phenoxy) is 1. The molecule has 0 fully saturated rings. The number of rotatable bonds is 9. The Morgan fingerprint density at radius 2 is 2.00 bits per heavy atom. The third-order valence-electron chi connectivity index (χ3n) is 6.10. The van der Waals surface area contributed by atoms with E-state index in [0.717, 1.165) is 28.5 Å². The van der Waals surface area contributed by atoms with Crippen LogP contribution in [-0.2, 0) is 16.0 Å². The van der Waals surface area contributed by atoms with E-state index in [1.54, 1.807) is 24.5 Å². The second-order valence-electron chi connectivity index (χ2n) is 8.66. The van der Waals surface area contributed by atoms with E-state index >= 15 is 0 Å². The van der Waals surface area contributed by atoms with Crippen molar-refractivity contribution in [1.29, 1.82) is 0 Å². The fourth-order valence-corrected chi connectivity index (χ4v) is 4.16. The molecule has 170 valence electrons. The highest BCUT2D eigenvalue weighted by atomic mass is 16.5. The van der Waals surface area contributed by atoms with E-state index in [-0.39, 0.29) is 12.2 Å². The van der Waals surface area contributed by atoms with E-state index < -0.39 is 17.4 Å². The largest absolute Gasteiger partial charge is 0.480 e. The zero-order valence-electron chi connectivity index (χ0n) is 19.0. The van der Waals surface area contributed by atoms with E-state index in [1.807, 2.05) is 45.0 Å². The number of pyridine rings is 2. The Morgan fingerprint density at radius 3 is 2.67 bits per heavy atom. The Hall–Kier alpha value is -3.74. The summed E-state index contributed by atoms with van der Waals surface area (Å²) < 4.78 is 6.01. The molecule has 7 heteroatoms. The van der Waals surface area contributed by atoms with Crippen LogP contribution in [0.4, 0.5) is 0 Å². The summed E-state index contributed by atoms with van der Waals surface area (Å²) in [6.45, 7) is 5.79. The van der Waals surface area contributed by atoms with Gasteiger partial charge in [0.2, 0.25) is 5.88 Å². The Morgan fingerprint density at radius 1 is 1.24 bits per heavy atom. The number of hydrogen-bond acceptors (Lipinski definition) is 6. The Bertz CT molecular complexity index is 1240. The van der Waals surface area contributed by atoms with Crippen molar-refractivity contribution >= 4 is 22.5 Å². The van der Waals surface area contributed by atoms with Crippen molar-refractivity contribution in [3.8, 4) is 11.6 Å². The fourth-order valence-electron chi connectivity index (χ4n) is 4.16. The quantitative estimate of drug-likeness (QED) is 0.497. The van der Waals surface area contributed by atoms with E-state index in [9.17, 15) is 14.7 Å². The highest BCUT2D eigenvalue weighted by molar-refractivity contribution is 6.04. The zero-order valence-corrected chi connectivity index (χ0v) is 19.0. The average molecular weight is 446 g/mol. The van der Waals surface area contributed by atoms with Gasteiger partial charge in [0.25, 0.3) is 0 Å². The number of allylic oxidation sites excluding steroid dienone is 2. The predicted octanol–water partition coefficient (Wildman–Crippen LogP) is 4.59. The lowest BCUT2D eigenvalue weighted by Crippen LogP contribution is -2.49. The minimum Gasteiger partial charge on any atom is -0.480 e. The lowest BCUT2D eigenvalue weighted by Gasteiger charge is -2.38. The van der Waals surface area contributed by atoms with Crippen molar-refractivity contribution in [2.45, 2.75) is 46.1 Å². The van der Waals surface area contributed by atoms with Crippen molar-refractivity contribution < 1.29 is 19.4 Å². The van der Waals surface area contributed by atoms with Crippen LogP contribution in [0.1, 0.15) is 37.9 Å². The number of hydrogen-bond donors (Lipinski definition) is 2. The molecule has 2 aromatic heterocycles. The number of carboxylic acid groups (broad SMARTS) is 1. The van der Waals surface area contributed by atoms with Crippen LogP contribution < -0.4 is 10.1 Å². The van der Waals surface area contributed by atoms with Gasteiger partial charge in [-0.25, -0.2) is 9.78 Å². The van der Waals surface area contributed by atoms with Gasteiger partial charge < -0.3 is 15.2 Å². The molecule has 0 unspecified atom stereocenters. The normalized spacial score (nSPS) is 18.4. The number of aryl methyl sites for hydroxylation is 1. The molecule has 0 radical (unpaired) electrons. The van der Waals surface area contributed by atoms with Crippen molar-refractivity contribution in [2.24, 2.45) is 5.41 Å². The molecular weight excluding hydrogens is 418 g/mol. The molecule has 2 atom stereocenters. The average Bonchev–Trinajstić information content (AvgIpc) is 2.79. The third-order valence-corrected chi connectivity index (χ3v) is 6.10. The highest BCUT2D eigenvalue weighted by Gasteiger charge is 2.44. The van der Waals surface area contributed by atoms with Crippen LogP contribution in [0.5, 0.6) is 11.6 Å². The minimum atomic E-state index is -0.961. The molecule has 7 nitrogen and oxygen atoms in total. The topological polar surface area (TPSA) is 101 Å². The summed E-state index contributed by atoms with van der Waals surface area (Å²) in [5.41, 5.74) is 1.77. The highest BCUT2D eigenvalue weighted by Crippen LogP contribution is 2.40. The monoisotopic (exact) mass is 445 g/mol. The minimum absolute atomic E-state index is 0.0463. The summed E-state index contributed by atoms with van der Waals surface area (Å²) in [5.74, 6) is 0.166. The van der Waals surface area contributed by atoms with Gasteiger partial charge in [0.15, 0.2) is 5.78 Å². The van der Waals surface area contributed by atoms with Crippen molar-refractivity contribution in [3.05, 3.63) is 71.8 Å². The van der Waals surface area contributed by atoms with Crippen molar-refractivity contribution in [1.82, 2.24) is 15.3 Å². The van der Waals surface area contributed by atoms with Gasteiger partial charge in [-0.2, -0.15) is 0 Å². The number of carbonyl (C=O) groups is 2. The number of carbonyl (C=O) groups excluding carboxylic acids is 1. The number of nitrogens with zero attached hydrogens (tertiary/aromatic N) is 2. The summed E-state index contributed by atoms with van der Waals surface area (Å²) >= 11 is 0. The molecule has 1 aromatic carbocycles. The van der Waals surface area contributed by atoms with Crippen LogP contribution in [0, 0.1) is 12.3 Å². The third kappa shape index (κ3) is 4.58. The molecule has 0 aliphatic heterocycles. The molecule has 3 aromatic rings. The van der Waals surface area contributed by atoms with Gasteiger partial charge in [-0.05, 0) is 55.5 Å². The molecule has 2 N–H and O–H groups in total. The van der Waals surface area contributed by atoms with Crippen LogP contribution >= 0.6 is 0 Å². The number of aliphatic carboxylic acids is 1. The number of nitrogens with one attached hydrogen (secondary N) is 1. The van der Waals surface area contributed by atoms with Crippen LogP contribution in [0.15, 0.2) is 60.6 Å². The molecule has 1 aliphatic carbocycles. The summed E-state index contributed by atoms with van der Waals surface area (Å²) in [6, 6.07) is 10.3. The maximum atomic E-state index is 12.1. The number of ketones is 1. The summed E-state index contributed by atoms with van der Waals surface area (Å²) in [6.07, 6.45) is 6.78. The van der Waals surface area contributed by atoms with Gasteiger partial charge in [-0.1, -0.05) is 25.5 Å². The maximum absolute atomic E-state index is 12.1. The molecular formula is C26H27N3O4. The van der Waals surface area contributed by atoms with Crippen LogP contribution in [0.2, 0.25) is 0 Å². The second kappa shape index (κ2) is 9.02. The first-order valence-corrected chi connectivity index (χ1v) is 11.0. The van der Waals surface area contributed by atoms with Gasteiger partial charge in [-0.3, -0.25) is 9.78 Å². The number of carboxylic acids is 1. The smallest absolute Gasteiger partial charge is 0.326 e. The molecule has 0 spiro atoms. The first-order valence-electron chi connectivity index (χ1n) is 11.0. The van der Waals surface area contributed by atoms with Gasteiger partial charge >= 0.3 is 5.97 Å². The van der Waals surface area contributed by atoms with Gasteiger partial charge in [-0.15, -0.1) is 0 Å².